The van der Waals surface area contributed by atoms with Crippen molar-refractivity contribution in [3.05, 3.63) is 59.5 Å². The first-order chi connectivity index (χ1) is 11.5. The molecule has 0 aliphatic carbocycles. The third-order valence-corrected chi connectivity index (χ3v) is 4.41. The van der Waals surface area contributed by atoms with Gasteiger partial charge in [-0.25, -0.2) is 4.98 Å². The SMILES string of the molecule is Cc1cccc(CC(=O)N2CCN(c3cccc(F)n3)C(C)C2)c1. The van der Waals surface area contributed by atoms with Gasteiger partial charge in [0.25, 0.3) is 0 Å². The van der Waals surface area contributed by atoms with Gasteiger partial charge in [-0.15, -0.1) is 0 Å². The molecule has 1 unspecified atom stereocenters. The number of piperazine rings is 1. The molecule has 2 aromatic rings. The van der Waals surface area contributed by atoms with Crippen molar-refractivity contribution < 1.29 is 9.18 Å². The molecule has 1 aliphatic rings. The van der Waals surface area contributed by atoms with E-state index < -0.39 is 5.95 Å². The summed E-state index contributed by atoms with van der Waals surface area (Å²) in [5.74, 6) is 0.297. The molecule has 1 amide bonds. The Labute approximate surface area is 141 Å². The average Bonchev–Trinajstić information content (AvgIpc) is 2.54. The highest BCUT2D eigenvalue weighted by Crippen LogP contribution is 2.19. The third kappa shape index (κ3) is 3.72. The van der Waals surface area contributed by atoms with Gasteiger partial charge in [0.2, 0.25) is 11.9 Å². The van der Waals surface area contributed by atoms with Gasteiger partial charge in [0, 0.05) is 25.7 Å². The maximum Gasteiger partial charge on any atom is 0.227 e. The number of pyridine rings is 1. The van der Waals surface area contributed by atoms with Gasteiger partial charge in [-0.2, -0.15) is 4.39 Å². The zero-order valence-electron chi connectivity index (χ0n) is 14.1. The van der Waals surface area contributed by atoms with Crippen molar-refractivity contribution in [3.8, 4) is 0 Å². The molecule has 4 nitrogen and oxygen atoms in total. The number of carbonyl (C=O) groups excluding carboxylic acids is 1. The molecule has 0 radical (unpaired) electrons. The number of hydrogen-bond acceptors (Lipinski definition) is 3. The highest BCUT2D eigenvalue weighted by atomic mass is 19.1. The van der Waals surface area contributed by atoms with E-state index in [0.29, 0.717) is 31.9 Å². The predicted octanol–water partition coefficient (Wildman–Crippen LogP) is 2.81. The number of anilines is 1. The van der Waals surface area contributed by atoms with Crippen LogP contribution in [0.1, 0.15) is 18.1 Å². The first kappa shape index (κ1) is 16.4. The van der Waals surface area contributed by atoms with Gasteiger partial charge >= 0.3 is 0 Å². The highest BCUT2D eigenvalue weighted by molar-refractivity contribution is 5.79. The summed E-state index contributed by atoms with van der Waals surface area (Å²) in [5.41, 5.74) is 2.21. The maximum atomic E-state index is 13.3. The van der Waals surface area contributed by atoms with Crippen molar-refractivity contribution in [2.45, 2.75) is 26.3 Å². The van der Waals surface area contributed by atoms with Crippen molar-refractivity contribution >= 4 is 11.7 Å². The van der Waals surface area contributed by atoms with Crippen LogP contribution in [0.2, 0.25) is 0 Å². The Morgan fingerprint density at radius 2 is 2.04 bits per heavy atom. The van der Waals surface area contributed by atoms with E-state index in [1.165, 1.54) is 6.07 Å². The summed E-state index contributed by atoms with van der Waals surface area (Å²) >= 11 is 0. The molecule has 0 spiro atoms. The van der Waals surface area contributed by atoms with Crippen LogP contribution >= 0.6 is 0 Å². The molecule has 0 bridgehead atoms. The van der Waals surface area contributed by atoms with Crippen LogP contribution < -0.4 is 4.90 Å². The van der Waals surface area contributed by atoms with E-state index in [0.717, 1.165) is 11.1 Å². The van der Waals surface area contributed by atoms with Crippen LogP contribution in [-0.2, 0) is 11.2 Å². The number of hydrogen-bond donors (Lipinski definition) is 0. The molecule has 3 rings (SSSR count). The summed E-state index contributed by atoms with van der Waals surface area (Å²) in [7, 11) is 0. The number of aromatic nitrogens is 1. The molecule has 1 aromatic carbocycles. The Hall–Kier alpha value is -2.43. The lowest BCUT2D eigenvalue weighted by Gasteiger charge is -2.40. The van der Waals surface area contributed by atoms with E-state index in [9.17, 15) is 9.18 Å². The van der Waals surface area contributed by atoms with Crippen LogP contribution in [0.3, 0.4) is 0 Å². The van der Waals surface area contributed by atoms with Crippen LogP contribution in [0.25, 0.3) is 0 Å². The molecule has 2 heterocycles. The normalized spacial score (nSPS) is 17.9. The monoisotopic (exact) mass is 327 g/mol. The number of benzene rings is 1. The minimum absolute atomic E-state index is 0.106. The van der Waals surface area contributed by atoms with Crippen molar-refractivity contribution in [1.82, 2.24) is 9.88 Å². The fourth-order valence-corrected chi connectivity index (χ4v) is 3.19. The second-order valence-corrected chi connectivity index (χ2v) is 6.37. The van der Waals surface area contributed by atoms with E-state index in [4.69, 9.17) is 0 Å². The summed E-state index contributed by atoms with van der Waals surface area (Å²) in [6.45, 7) is 5.99. The van der Waals surface area contributed by atoms with Gasteiger partial charge in [-0.1, -0.05) is 35.9 Å². The molecule has 1 aliphatic heterocycles. The van der Waals surface area contributed by atoms with Gasteiger partial charge in [0.05, 0.1) is 6.42 Å². The summed E-state index contributed by atoms with van der Waals surface area (Å²) in [6.07, 6.45) is 0.423. The second kappa shape index (κ2) is 6.99. The molecule has 126 valence electrons. The van der Waals surface area contributed by atoms with E-state index >= 15 is 0 Å². The van der Waals surface area contributed by atoms with Crippen LogP contribution in [0.15, 0.2) is 42.5 Å². The minimum Gasteiger partial charge on any atom is -0.350 e. The minimum atomic E-state index is -0.474. The molecule has 24 heavy (non-hydrogen) atoms. The predicted molar refractivity (Wildman–Crippen MR) is 92.5 cm³/mol. The molecule has 0 saturated carbocycles. The Balaban J connectivity index is 1.63. The number of nitrogens with zero attached hydrogens (tertiary/aromatic N) is 3. The van der Waals surface area contributed by atoms with E-state index in [1.807, 2.05) is 49.1 Å². The number of amides is 1. The number of rotatable bonds is 3. The topological polar surface area (TPSA) is 36.4 Å². The lowest BCUT2D eigenvalue weighted by atomic mass is 10.1. The van der Waals surface area contributed by atoms with Crippen LogP contribution in [-0.4, -0.2) is 41.5 Å². The Bertz CT molecular complexity index is 734. The van der Waals surface area contributed by atoms with Gasteiger partial charge in [-0.05, 0) is 31.5 Å². The zero-order chi connectivity index (χ0) is 17.1. The largest absolute Gasteiger partial charge is 0.350 e. The van der Waals surface area contributed by atoms with Crippen molar-refractivity contribution in [3.63, 3.8) is 0 Å². The first-order valence-electron chi connectivity index (χ1n) is 8.25. The zero-order valence-corrected chi connectivity index (χ0v) is 14.1. The lowest BCUT2D eigenvalue weighted by molar-refractivity contribution is -0.131. The molecular weight excluding hydrogens is 305 g/mol. The van der Waals surface area contributed by atoms with Crippen molar-refractivity contribution in [2.75, 3.05) is 24.5 Å². The summed E-state index contributed by atoms with van der Waals surface area (Å²) < 4.78 is 13.3. The maximum absolute atomic E-state index is 13.3. The molecular formula is C19H22FN3O. The van der Waals surface area contributed by atoms with Crippen molar-refractivity contribution in [1.29, 1.82) is 0 Å². The van der Waals surface area contributed by atoms with Crippen LogP contribution in [0, 0.1) is 12.9 Å². The van der Waals surface area contributed by atoms with E-state index in [2.05, 4.69) is 9.88 Å². The quantitative estimate of drug-likeness (QED) is 0.814. The third-order valence-electron chi connectivity index (χ3n) is 4.41. The molecule has 1 fully saturated rings. The van der Waals surface area contributed by atoms with Crippen molar-refractivity contribution in [2.24, 2.45) is 0 Å². The van der Waals surface area contributed by atoms with Crippen LogP contribution in [0.5, 0.6) is 0 Å². The number of aryl methyl sites for hydroxylation is 1. The van der Waals surface area contributed by atoms with Gasteiger partial charge < -0.3 is 9.80 Å². The lowest BCUT2D eigenvalue weighted by Crippen LogP contribution is -2.54. The molecule has 5 heteroatoms. The summed E-state index contributed by atoms with van der Waals surface area (Å²) in [4.78, 5) is 20.5. The number of carbonyl (C=O) groups is 1. The Morgan fingerprint density at radius 1 is 1.25 bits per heavy atom. The molecule has 1 aromatic heterocycles. The fourth-order valence-electron chi connectivity index (χ4n) is 3.19. The summed E-state index contributed by atoms with van der Waals surface area (Å²) in [5, 5.41) is 0. The standard InChI is InChI=1S/C19H22FN3O/c1-14-5-3-6-16(11-14)12-19(24)22-9-10-23(15(2)13-22)18-8-4-7-17(20)21-18/h3-8,11,15H,9-10,12-13H2,1-2H3. The van der Waals surface area contributed by atoms with Gasteiger partial charge in [-0.3, -0.25) is 4.79 Å². The van der Waals surface area contributed by atoms with Crippen LogP contribution in [0.4, 0.5) is 10.2 Å². The molecule has 0 N–H and O–H groups in total. The number of halogens is 1. The second-order valence-electron chi connectivity index (χ2n) is 6.37. The van der Waals surface area contributed by atoms with Gasteiger partial charge in [0.15, 0.2) is 0 Å². The Kier molecular flexibility index (Phi) is 4.79. The highest BCUT2D eigenvalue weighted by Gasteiger charge is 2.27. The fraction of sp³-hybridized carbons (Fsp3) is 0.368. The first-order valence-corrected chi connectivity index (χ1v) is 8.25. The molecule has 1 saturated heterocycles. The smallest absolute Gasteiger partial charge is 0.227 e. The summed E-state index contributed by atoms with van der Waals surface area (Å²) in [6, 6.07) is 13.0. The Morgan fingerprint density at radius 3 is 2.75 bits per heavy atom. The average molecular weight is 327 g/mol. The van der Waals surface area contributed by atoms with Gasteiger partial charge in [0.1, 0.15) is 5.82 Å². The van der Waals surface area contributed by atoms with E-state index in [1.54, 1.807) is 6.07 Å². The van der Waals surface area contributed by atoms with E-state index in [-0.39, 0.29) is 11.9 Å². The molecule has 1 atom stereocenters.